The molecule has 0 radical (unpaired) electrons. The monoisotopic (exact) mass is 304 g/mol. The molecule has 5 heteroatoms. The predicted octanol–water partition coefficient (Wildman–Crippen LogP) is 2.60. The van der Waals surface area contributed by atoms with E-state index in [2.05, 4.69) is 24.8 Å². The van der Waals surface area contributed by atoms with Gasteiger partial charge in [0.15, 0.2) is 0 Å². The van der Waals surface area contributed by atoms with E-state index in [1.807, 2.05) is 23.9 Å². The minimum Gasteiger partial charge on any atom is -0.468 e. The number of hydrogen-bond acceptors (Lipinski definition) is 5. The Hall–Kier alpha value is -1.51. The fourth-order valence-corrected chi connectivity index (χ4v) is 4.16. The fraction of sp³-hybridized carbons (Fsp3) is 0.500. The van der Waals surface area contributed by atoms with Gasteiger partial charge >= 0.3 is 5.97 Å². The molecule has 4 nitrogen and oxygen atoms in total. The van der Waals surface area contributed by atoms with Crippen molar-refractivity contribution in [2.45, 2.75) is 30.4 Å². The molecule has 1 aromatic carbocycles. The number of methoxy groups -OCH3 is 1. The van der Waals surface area contributed by atoms with Crippen molar-refractivity contribution in [2.24, 2.45) is 0 Å². The molecule has 112 valence electrons. The van der Waals surface area contributed by atoms with Crippen molar-refractivity contribution in [1.82, 2.24) is 4.90 Å². The lowest BCUT2D eigenvalue weighted by atomic mass is 10.0. The molecule has 1 fully saturated rings. The van der Waals surface area contributed by atoms with Crippen LogP contribution in [0.25, 0.3) is 0 Å². The number of carbonyl (C=O) groups excluding carboxylic acids is 1. The van der Waals surface area contributed by atoms with Gasteiger partial charge in [0.2, 0.25) is 0 Å². The first-order valence-electron chi connectivity index (χ1n) is 7.02. The smallest absolute Gasteiger partial charge is 0.327 e. The molecule has 1 aromatic rings. The summed E-state index contributed by atoms with van der Waals surface area (Å²) >= 11 is 1.94. The molecule has 0 amide bonds. The Balaban J connectivity index is 2.34. The van der Waals surface area contributed by atoms with Gasteiger partial charge in [0.05, 0.1) is 18.7 Å². The van der Waals surface area contributed by atoms with Crippen molar-refractivity contribution in [3.63, 3.8) is 0 Å². The summed E-state index contributed by atoms with van der Waals surface area (Å²) in [6.07, 6.45) is 0. The number of nitrogens with zero attached hydrogens (tertiary/aromatic N) is 2. The van der Waals surface area contributed by atoms with Gasteiger partial charge < -0.3 is 4.74 Å². The van der Waals surface area contributed by atoms with Gasteiger partial charge in [-0.25, -0.2) is 4.79 Å². The van der Waals surface area contributed by atoms with E-state index in [1.54, 1.807) is 12.1 Å². The molecule has 21 heavy (non-hydrogen) atoms. The van der Waals surface area contributed by atoms with Crippen LogP contribution in [0.15, 0.2) is 24.3 Å². The normalized spacial score (nSPS) is 24.1. The maximum atomic E-state index is 12.3. The largest absolute Gasteiger partial charge is 0.468 e. The molecule has 1 saturated heterocycles. The summed E-state index contributed by atoms with van der Waals surface area (Å²) in [5, 5.41) is 10.00. The number of benzene rings is 1. The van der Waals surface area contributed by atoms with E-state index < -0.39 is 6.04 Å². The van der Waals surface area contributed by atoms with E-state index in [-0.39, 0.29) is 5.97 Å². The third kappa shape index (κ3) is 3.78. The van der Waals surface area contributed by atoms with Crippen molar-refractivity contribution in [1.29, 1.82) is 5.26 Å². The molecule has 3 atom stereocenters. The zero-order chi connectivity index (χ0) is 15.4. The lowest BCUT2D eigenvalue weighted by Gasteiger charge is -2.38. The summed E-state index contributed by atoms with van der Waals surface area (Å²) in [6, 6.07) is 8.91. The topological polar surface area (TPSA) is 53.3 Å². The lowest BCUT2D eigenvalue weighted by Crippen LogP contribution is -2.45. The number of nitriles is 1. The number of ether oxygens (including phenoxy) is 1. The SMILES string of the molecule is COC(=O)C(c1cccc(C#N)c1)N1CC(C)SC(C)C1. The summed E-state index contributed by atoms with van der Waals surface area (Å²) in [6.45, 7) is 6.03. The van der Waals surface area contributed by atoms with E-state index >= 15 is 0 Å². The van der Waals surface area contributed by atoms with E-state index in [9.17, 15) is 4.79 Å². The molecule has 3 unspecified atom stereocenters. The minimum absolute atomic E-state index is 0.267. The van der Waals surface area contributed by atoms with Crippen LogP contribution in [-0.2, 0) is 9.53 Å². The second kappa shape index (κ2) is 6.97. The van der Waals surface area contributed by atoms with E-state index in [1.165, 1.54) is 7.11 Å². The van der Waals surface area contributed by atoms with Gasteiger partial charge in [-0.15, -0.1) is 0 Å². The van der Waals surface area contributed by atoms with E-state index in [0.717, 1.165) is 18.7 Å². The van der Waals surface area contributed by atoms with Gasteiger partial charge in [0.1, 0.15) is 6.04 Å². The van der Waals surface area contributed by atoms with Crippen LogP contribution in [-0.4, -0.2) is 41.6 Å². The molecule has 1 aliphatic heterocycles. The van der Waals surface area contributed by atoms with Crippen LogP contribution >= 0.6 is 11.8 Å². The zero-order valence-corrected chi connectivity index (χ0v) is 13.4. The van der Waals surface area contributed by atoms with Crippen molar-refractivity contribution in [3.8, 4) is 6.07 Å². The quantitative estimate of drug-likeness (QED) is 0.803. The van der Waals surface area contributed by atoms with Crippen molar-refractivity contribution in [3.05, 3.63) is 35.4 Å². The standard InChI is InChI=1S/C16H20N2O2S/c1-11-9-18(10-12(2)21-11)15(16(19)20-3)14-6-4-5-13(7-14)8-17/h4-7,11-12,15H,9-10H2,1-3H3. The number of carbonyl (C=O) groups is 1. The highest BCUT2D eigenvalue weighted by atomic mass is 32.2. The Kier molecular flexibility index (Phi) is 5.27. The van der Waals surface area contributed by atoms with Gasteiger partial charge in [-0.2, -0.15) is 17.0 Å². The first-order chi connectivity index (χ1) is 10.0. The molecule has 0 aromatic heterocycles. The summed E-state index contributed by atoms with van der Waals surface area (Å²) in [5.74, 6) is -0.267. The van der Waals surface area contributed by atoms with Crippen LogP contribution in [0, 0.1) is 11.3 Å². The van der Waals surface area contributed by atoms with Crippen LogP contribution in [0.5, 0.6) is 0 Å². The highest BCUT2D eigenvalue weighted by molar-refractivity contribution is 8.00. The third-order valence-electron chi connectivity index (χ3n) is 3.57. The molecule has 1 aliphatic rings. The summed E-state index contributed by atoms with van der Waals surface area (Å²) in [7, 11) is 1.41. The molecule has 0 aliphatic carbocycles. The molecule has 2 rings (SSSR count). The van der Waals surface area contributed by atoms with E-state index in [0.29, 0.717) is 16.1 Å². The number of esters is 1. The van der Waals surface area contributed by atoms with Gasteiger partial charge in [-0.3, -0.25) is 4.90 Å². The second-order valence-corrected chi connectivity index (χ2v) is 7.26. The summed E-state index contributed by atoms with van der Waals surface area (Å²) in [4.78, 5) is 14.4. The van der Waals surface area contributed by atoms with Gasteiger partial charge in [-0.05, 0) is 17.7 Å². The molecular weight excluding hydrogens is 284 g/mol. The maximum Gasteiger partial charge on any atom is 0.327 e. The average molecular weight is 304 g/mol. The lowest BCUT2D eigenvalue weighted by molar-refractivity contribution is -0.147. The highest BCUT2D eigenvalue weighted by Crippen LogP contribution is 2.32. The number of thioether (sulfide) groups is 1. The Morgan fingerprint density at radius 2 is 2.10 bits per heavy atom. The number of hydrogen-bond donors (Lipinski definition) is 0. The molecule has 0 saturated carbocycles. The zero-order valence-electron chi connectivity index (χ0n) is 12.6. The van der Waals surface area contributed by atoms with Crippen LogP contribution in [0.4, 0.5) is 0 Å². The minimum atomic E-state index is -0.436. The molecule has 0 N–H and O–H groups in total. The molecule has 1 heterocycles. The van der Waals surface area contributed by atoms with Gasteiger partial charge in [-0.1, -0.05) is 26.0 Å². The van der Waals surface area contributed by atoms with Crippen LogP contribution < -0.4 is 0 Å². The Morgan fingerprint density at radius 1 is 1.43 bits per heavy atom. The molecular formula is C16H20N2O2S. The van der Waals surface area contributed by atoms with Crippen molar-refractivity contribution >= 4 is 17.7 Å². The summed E-state index contributed by atoms with van der Waals surface area (Å²) < 4.78 is 4.99. The Labute approximate surface area is 130 Å². The maximum absolute atomic E-state index is 12.3. The van der Waals surface area contributed by atoms with Crippen molar-refractivity contribution in [2.75, 3.05) is 20.2 Å². The fourth-order valence-electron chi connectivity index (χ4n) is 2.81. The first-order valence-corrected chi connectivity index (χ1v) is 7.96. The predicted molar refractivity (Wildman–Crippen MR) is 84.0 cm³/mol. The van der Waals surface area contributed by atoms with Gasteiger partial charge in [0.25, 0.3) is 0 Å². The molecule has 0 spiro atoms. The summed E-state index contributed by atoms with van der Waals surface area (Å²) in [5.41, 5.74) is 1.39. The number of rotatable bonds is 3. The van der Waals surface area contributed by atoms with E-state index in [4.69, 9.17) is 10.00 Å². The average Bonchev–Trinajstić information content (AvgIpc) is 2.46. The van der Waals surface area contributed by atoms with Crippen LogP contribution in [0.1, 0.15) is 31.0 Å². The highest BCUT2D eigenvalue weighted by Gasteiger charge is 2.33. The van der Waals surface area contributed by atoms with Crippen LogP contribution in [0.3, 0.4) is 0 Å². The van der Waals surface area contributed by atoms with Crippen molar-refractivity contribution < 1.29 is 9.53 Å². The Morgan fingerprint density at radius 3 is 2.67 bits per heavy atom. The van der Waals surface area contributed by atoms with Crippen LogP contribution in [0.2, 0.25) is 0 Å². The second-order valence-electron chi connectivity index (χ2n) is 5.37. The molecule has 0 bridgehead atoms. The first kappa shape index (κ1) is 15.9. The van der Waals surface area contributed by atoms with Gasteiger partial charge in [0, 0.05) is 23.6 Å². The Bertz CT molecular complexity index is 545. The third-order valence-corrected chi connectivity index (χ3v) is 4.80.